The molecule has 124 valence electrons. The molecule has 1 aromatic rings. The molecule has 0 unspecified atom stereocenters. The number of carbonyl (C=O) groups is 1. The zero-order valence-electron chi connectivity index (χ0n) is 12.9. The minimum Gasteiger partial charge on any atom is -0.338 e. The molecule has 0 radical (unpaired) electrons. The largest absolute Gasteiger partial charge is 0.338 e. The molecule has 2 fully saturated rings. The Bertz CT molecular complexity index is 619. The SMILES string of the molecule is O=C(c1ccc(Cl)cc1[N+](=O)[O-])N1CCC2(CCNCC2)CC1. The van der Waals surface area contributed by atoms with Crippen molar-refractivity contribution in [3.05, 3.63) is 38.9 Å². The second-order valence-electron chi connectivity index (χ2n) is 6.46. The molecule has 3 rings (SSSR count). The highest BCUT2D eigenvalue weighted by atomic mass is 35.5. The summed E-state index contributed by atoms with van der Waals surface area (Å²) in [5.41, 5.74) is 0.249. The Kier molecular flexibility index (Phi) is 4.55. The zero-order valence-corrected chi connectivity index (χ0v) is 13.6. The first kappa shape index (κ1) is 16.2. The van der Waals surface area contributed by atoms with Gasteiger partial charge >= 0.3 is 0 Å². The van der Waals surface area contributed by atoms with Gasteiger partial charge in [-0.3, -0.25) is 14.9 Å². The van der Waals surface area contributed by atoms with Gasteiger partial charge in [-0.25, -0.2) is 0 Å². The first-order chi connectivity index (χ1) is 11.0. The van der Waals surface area contributed by atoms with Crippen LogP contribution < -0.4 is 5.32 Å². The number of nitro benzene ring substituents is 1. The van der Waals surface area contributed by atoms with E-state index in [-0.39, 0.29) is 22.2 Å². The molecule has 1 spiro atoms. The number of benzene rings is 1. The van der Waals surface area contributed by atoms with Gasteiger partial charge in [0.1, 0.15) is 5.56 Å². The van der Waals surface area contributed by atoms with Crippen molar-refractivity contribution in [2.24, 2.45) is 5.41 Å². The van der Waals surface area contributed by atoms with Crippen molar-refractivity contribution in [1.82, 2.24) is 10.2 Å². The van der Waals surface area contributed by atoms with Crippen LogP contribution in [0.1, 0.15) is 36.0 Å². The van der Waals surface area contributed by atoms with Crippen LogP contribution in [0.15, 0.2) is 18.2 Å². The van der Waals surface area contributed by atoms with Gasteiger partial charge in [-0.15, -0.1) is 0 Å². The predicted octanol–water partition coefficient (Wildman–Crippen LogP) is 2.85. The second-order valence-corrected chi connectivity index (χ2v) is 6.90. The lowest BCUT2D eigenvalue weighted by molar-refractivity contribution is -0.385. The summed E-state index contributed by atoms with van der Waals surface area (Å²) in [7, 11) is 0. The minimum atomic E-state index is -0.544. The van der Waals surface area contributed by atoms with Crippen LogP contribution in [0.25, 0.3) is 0 Å². The van der Waals surface area contributed by atoms with E-state index < -0.39 is 4.92 Å². The third kappa shape index (κ3) is 3.33. The molecule has 0 atom stereocenters. The summed E-state index contributed by atoms with van der Waals surface area (Å²) in [5.74, 6) is -0.267. The topological polar surface area (TPSA) is 75.5 Å². The number of hydrogen-bond donors (Lipinski definition) is 1. The number of halogens is 1. The summed E-state index contributed by atoms with van der Waals surface area (Å²) in [4.78, 5) is 25.0. The van der Waals surface area contributed by atoms with Gasteiger partial charge in [0.25, 0.3) is 11.6 Å². The third-order valence-electron chi connectivity index (χ3n) is 5.16. The fraction of sp³-hybridized carbons (Fsp3) is 0.562. The molecule has 2 heterocycles. The molecule has 0 bridgehead atoms. The molecular formula is C16H20ClN3O3. The highest BCUT2D eigenvalue weighted by Crippen LogP contribution is 2.40. The Morgan fingerprint density at radius 1 is 1.22 bits per heavy atom. The van der Waals surface area contributed by atoms with Crippen molar-refractivity contribution in [3.63, 3.8) is 0 Å². The van der Waals surface area contributed by atoms with Crippen LogP contribution in [-0.4, -0.2) is 41.9 Å². The summed E-state index contributed by atoms with van der Waals surface area (Å²) in [6.45, 7) is 3.41. The lowest BCUT2D eigenvalue weighted by Gasteiger charge is -2.44. The maximum atomic E-state index is 12.7. The summed E-state index contributed by atoms with van der Waals surface area (Å²) in [6.07, 6.45) is 4.25. The molecule has 0 saturated carbocycles. The maximum Gasteiger partial charge on any atom is 0.283 e. The number of likely N-dealkylation sites (tertiary alicyclic amines) is 1. The van der Waals surface area contributed by atoms with E-state index in [0.717, 1.165) is 38.8 Å². The Labute approximate surface area is 139 Å². The molecule has 2 aliphatic heterocycles. The first-order valence-electron chi connectivity index (χ1n) is 7.95. The van der Waals surface area contributed by atoms with Gasteiger partial charge in [0.05, 0.1) is 4.92 Å². The van der Waals surface area contributed by atoms with E-state index in [9.17, 15) is 14.9 Å². The smallest absolute Gasteiger partial charge is 0.283 e. The fourth-order valence-electron chi connectivity index (χ4n) is 3.65. The van der Waals surface area contributed by atoms with Crippen LogP contribution in [0.5, 0.6) is 0 Å². The normalized spacial score (nSPS) is 20.5. The number of nitro groups is 1. The molecule has 2 aliphatic rings. The Hall–Kier alpha value is -1.66. The van der Waals surface area contributed by atoms with E-state index in [2.05, 4.69) is 5.32 Å². The molecule has 0 aromatic heterocycles. The van der Waals surface area contributed by atoms with E-state index in [0.29, 0.717) is 18.5 Å². The molecule has 1 amide bonds. The average molecular weight is 338 g/mol. The van der Waals surface area contributed by atoms with Gasteiger partial charge in [-0.05, 0) is 56.3 Å². The van der Waals surface area contributed by atoms with Crippen LogP contribution in [-0.2, 0) is 0 Å². The van der Waals surface area contributed by atoms with Gasteiger partial charge < -0.3 is 10.2 Å². The van der Waals surface area contributed by atoms with Crippen molar-refractivity contribution in [1.29, 1.82) is 0 Å². The predicted molar refractivity (Wildman–Crippen MR) is 87.8 cm³/mol. The van der Waals surface area contributed by atoms with E-state index in [1.165, 1.54) is 18.2 Å². The van der Waals surface area contributed by atoms with Crippen LogP contribution in [0.3, 0.4) is 0 Å². The van der Waals surface area contributed by atoms with Crippen LogP contribution in [0.4, 0.5) is 5.69 Å². The summed E-state index contributed by atoms with van der Waals surface area (Å²) in [6, 6.07) is 4.23. The lowest BCUT2D eigenvalue weighted by atomic mass is 9.71. The molecular weight excluding hydrogens is 318 g/mol. The van der Waals surface area contributed by atoms with Crippen LogP contribution >= 0.6 is 11.6 Å². The molecule has 2 saturated heterocycles. The van der Waals surface area contributed by atoms with E-state index in [4.69, 9.17) is 11.6 Å². The van der Waals surface area contributed by atoms with E-state index in [1.54, 1.807) is 4.90 Å². The number of nitrogens with one attached hydrogen (secondary N) is 1. The molecule has 1 N–H and O–H groups in total. The van der Waals surface area contributed by atoms with Crippen LogP contribution in [0.2, 0.25) is 5.02 Å². The lowest BCUT2D eigenvalue weighted by Crippen LogP contribution is -2.47. The van der Waals surface area contributed by atoms with Gasteiger partial charge in [0.15, 0.2) is 0 Å². The van der Waals surface area contributed by atoms with Crippen molar-refractivity contribution >= 4 is 23.2 Å². The van der Waals surface area contributed by atoms with Gasteiger partial charge in [0.2, 0.25) is 0 Å². The fourth-order valence-corrected chi connectivity index (χ4v) is 3.81. The second kappa shape index (κ2) is 6.45. The number of carbonyl (C=O) groups excluding carboxylic acids is 1. The Morgan fingerprint density at radius 2 is 1.87 bits per heavy atom. The third-order valence-corrected chi connectivity index (χ3v) is 5.40. The molecule has 7 heteroatoms. The minimum absolute atomic E-state index is 0.126. The van der Waals surface area contributed by atoms with Gasteiger partial charge in [-0.2, -0.15) is 0 Å². The van der Waals surface area contributed by atoms with Crippen molar-refractivity contribution < 1.29 is 9.72 Å². The number of amides is 1. The van der Waals surface area contributed by atoms with E-state index in [1.807, 2.05) is 0 Å². The van der Waals surface area contributed by atoms with Crippen molar-refractivity contribution in [2.45, 2.75) is 25.7 Å². The highest BCUT2D eigenvalue weighted by Gasteiger charge is 2.37. The standard InChI is InChI=1S/C16H20ClN3O3/c17-12-1-2-13(14(11-12)20(22)23)15(21)19-9-5-16(6-10-19)3-7-18-8-4-16/h1-2,11,18H,3-10H2. The van der Waals surface area contributed by atoms with E-state index >= 15 is 0 Å². The molecule has 6 nitrogen and oxygen atoms in total. The molecule has 23 heavy (non-hydrogen) atoms. The van der Waals surface area contributed by atoms with Gasteiger partial charge in [0, 0.05) is 24.2 Å². The van der Waals surface area contributed by atoms with Crippen LogP contribution in [0, 0.1) is 15.5 Å². The van der Waals surface area contributed by atoms with Gasteiger partial charge in [-0.1, -0.05) is 11.6 Å². The summed E-state index contributed by atoms with van der Waals surface area (Å²) < 4.78 is 0. The quantitative estimate of drug-likeness (QED) is 0.665. The monoisotopic (exact) mass is 337 g/mol. The Balaban J connectivity index is 1.74. The zero-order chi connectivity index (χ0) is 16.4. The molecule has 1 aromatic carbocycles. The number of piperidine rings is 2. The highest BCUT2D eigenvalue weighted by molar-refractivity contribution is 6.31. The number of rotatable bonds is 2. The van der Waals surface area contributed by atoms with Crippen molar-refractivity contribution in [2.75, 3.05) is 26.2 Å². The summed E-state index contributed by atoms with van der Waals surface area (Å²) >= 11 is 5.81. The first-order valence-corrected chi connectivity index (χ1v) is 8.33. The number of nitrogens with zero attached hydrogens (tertiary/aromatic N) is 2. The summed E-state index contributed by atoms with van der Waals surface area (Å²) in [5, 5.41) is 14.8. The Morgan fingerprint density at radius 3 is 2.48 bits per heavy atom. The van der Waals surface area contributed by atoms with Crippen molar-refractivity contribution in [3.8, 4) is 0 Å². The molecule has 0 aliphatic carbocycles. The number of hydrogen-bond acceptors (Lipinski definition) is 4. The maximum absolute atomic E-state index is 12.7. The average Bonchev–Trinajstić information content (AvgIpc) is 2.55.